The number of rotatable bonds is 1. The van der Waals surface area contributed by atoms with Gasteiger partial charge in [-0.1, -0.05) is 11.6 Å². The minimum absolute atomic E-state index is 0.489. The van der Waals surface area contributed by atoms with Gasteiger partial charge >= 0.3 is 0 Å². The van der Waals surface area contributed by atoms with Crippen LogP contribution < -0.4 is 0 Å². The van der Waals surface area contributed by atoms with Gasteiger partial charge in [0, 0.05) is 6.20 Å². The van der Waals surface area contributed by atoms with Crippen molar-refractivity contribution >= 4 is 23.4 Å². The van der Waals surface area contributed by atoms with Crippen molar-refractivity contribution in [2.45, 2.75) is 17.6 Å². The smallest absolute Gasteiger partial charge is 0.146 e. The molecule has 5 heteroatoms. The average molecular weight is 226 g/mol. The normalized spacial score (nSPS) is 26.0. The van der Waals surface area contributed by atoms with E-state index >= 15 is 0 Å². The van der Waals surface area contributed by atoms with Crippen LogP contribution in [0, 0.1) is 11.3 Å². The summed E-state index contributed by atoms with van der Waals surface area (Å²) in [6.45, 7) is 0. The van der Waals surface area contributed by atoms with Crippen LogP contribution >= 0.6 is 23.4 Å². The van der Waals surface area contributed by atoms with E-state index < -0.39 is 4.75 Å². The Bertz CT molecular complexity index is 382. The van der Waals surface area contributed by atoms with E-state index in [1.807, 2.05) is 0 Å². The largest absolute Gasteiger partial charge is 0.243 e. The second kappa shape index (κ2) is 3.76. The van der Waals surface area contributed by atoms with Crippen molar-refractivity contribution in [1.29, 1.82) is 5.26 Å². The lowest BCUT2D eigenvalue weighted by Crippen LogP contribution is -2.18. The molecule has 0 spiro atoms. The number of nitriles is 1. The van der Waals surface area contributed by atoms with E-state index in [0.29, 0.717) is 10.7 Å². The van der Waals surface area contributed by atoms with E-state index in [1.54, 1.807) is 18.0 Å². The molecule has 1 aliphatic heterocycles. The van der Waals surface area contributed by atoms with Gasteiger partial charge in [-0.15, -0.1) is 11.8 Å². The van der Waals surface area contributed by atoms with E-state index in [4.69, 9.17) is 11.6 Å². The maximum atomic E-state index is 9.20. The van der Waals surface area contributed by atoms with Gasteiger partial charge in [-0.3, -0.25) is 0 Å². The van der Waals surface area contributed by atoms with Crippen LogP contribution in [0.25, 0.3) is 0 Å². The van der Waals surface area contributed by atoms with Crippen molar-refractivity contribution in [2.75, 3.05) is 5.75 Å². The van der Waals surface area contributed by atoms with E-state index in [-0.39, 0.29) is 0 Å². The van der Waals surface area contributed by atoms with Gasteiger partial charge in [0.15, 0.2) is 0 Å². The zero-order valence-electron chi connectivity index (χ0n) is 7.40. The molecule has 1 atom stereocenters. The molecule has 1 aromatic heterocycles. The third-order valence-electron chi connectivity index (χ3n) is 2.25. The van der Waals surface area contributed by atoms with Crippen molar-refractivity contribution in [3.05, 3.63) is 23.2 Å². The molecular formula is C9H8ClN3S. The van der Waals surface area contributed by atoms with E-state index in [2.05, 4.69) is 16.0 Å². The summed E-state index contributed by atoms with van der Waals surface area (Å²) in [7, 11) is 0. The molecule has 1 unspecified atom stereocenters. The zero-order valence-corrected chi connectivity index (χ0v) is 8.98. The van der Waals surface area contributed by atoms with Crippen LogP contribution in [-0.2, 0) is 4.75 Å². The van der Waals surface area contributed by atoms with Crippen LogP contribution in [0.2, 0.25) is 5.02 Å². The van der Waals surface area contributed by atoms with Gasteiger partial charge in [0.25, 0.3) is 0 Å². The van der Waals surface area contributed by atoms with Gasteiger partial charge in [0.05, 0.1) is 16.8 Å². The van der Waals surface area contributed by atoms with Crippen LogP contribution in [0.3, 0.4) is 0 Å². The number of thioether (sulfide) groups is 1. The maximum Gasteiger partial charge on any atom is 0.146 e. The third kappa shape index (κ3) is 1.47. The van der Waals surface area contributed by atoms with Crippen molar-refractivity contribution in [3.63, 3.8) is 0 Å². The highest BCUT2D eigenvalue weighted by Gasteiger charge is 2.39. The fourth-order valence-corrected chi connectivity index (χ4v) is 3.19. The summed E-state index contributed by atoms with van der Waals surface area (Å²) < 4.78 is -0.542. The highest BCUT2D eigenvalue weighted by atomic mass is 35.5. The number of nitrogens with zero attached hydrogens (tertiary/aromatic N) is 3. The molecule has 1 aromatic rings. The molecule has 0 bridgehead atoms. The minimum atomic E-state index is -0.542. The Morgan fingerprint density at radius 3 is 3.07 bits per heavy atom. The fourth-order valence-electron chi connectivity index (χ4n) is 1.58. The Kier molecular flexibility index (Phi) is 2.62. The first-order valence-electron chi connectivity index (χ1n) is 4.30. The quantitative estimate of drug-likeness (QED) is 0.736. The molecule has 0 radical (unpaired) electrons. The lowest BCUT2D eigenvalue weighted by molar-refractivity contribution is 0.695. The topological polar surface area (TPSA) is 49.6 Å². The van der Waals surface area contributed by atoms with Crippen molar-refractivity contribution in [1.82, 2.24) is 9.97 Å². The van der Waals surface area contributed by atoms with Crippen LogP contribution in [-0.4, -0.2) is 15.7 Å². The predicted molar refractivity (Wildman–Crippen MR) is 56.0 cm³/mol. The fraction of sp³-hybridized carbons (Fsp3) is 0.444. The van der Waals surface area contributed by atoms with Crippen molar-refractivity contribution in [3.8, 4) is 6.07 Å². The van der Waals surface area contributed by atoms with Crippen LogP contribution in [0.4, 0.5) is 0 Å². The Labute approximate surface area is 91.5 Å². The molecule has 1 fully saturated rings. The molecule has 0 saturated carbocycles. The highest BCUT2D eigenvalue weighted by molar-refractivity contribution is 8.00. The summed E-state index contributed by atoms with van der Waals surface area (Å²) in [6.07, 6.45) is 4.85. The molecule has 2 heterocycles. The molecule has 14 heavy (non-hydrogen) atoms. The number of hydrogen-bond donors (Lipinski definition) is 0. The standard InChI is InChI=1S/C9H8ClN3S/c10-7-4-12-6-13-8(7)9(5-11)2-1-3-14-9/h4,6H,1-3H2. The van der Waals surface area contributed by atoms with Crippen LogP contribution in [0.5, 0.6) is 0 Å². The van der Waals surface area contributed by atoms with E-state index in [0.717, 1.165) is 18.6 Å². The highest BCUT2D eigenvalue weighted by Crippen LogP contribution is 2.47. The average Bonchev–Trinajstić information content (AvgIpc) is 2.68. The predicted octanol–water partition coefficient (Wildman–Crippen LogP) is 2.38. The Morgan fingerprint density at radius 2 is 2.50 bits per heavy atom. The second-order valence-corrected chi connectivity index (χ2v) is 4.91. The van der Waals surface area contributed by atoms with Crippen molar-refractivity contribution < 1.29 is 0 Å². The van der Waals surface area contributed by atoms with Gasteiger partial charge in [-0.05, 0) is 18.6 Å². The molecule has 2 rings (SSSR count). The molecule has 0 aliphatic carbocycles. The molecule has 0 aromatic carbocycles. The first kappa shape index (κ1) is 9.75. The van der Waals surface area contributed by atoms with Gasteiger partial charge in [-0.25, -0.2) is 9.97 Å². The second-order valence-electron chi connectivity index (χ2n) is 3.11. The summed E-state index contributed by atoms with van der Waals surface area (Å²) in [4.78, 5) is 7.94. The van der Waals surface area contributed by atoms with Crippen LogP contribution in [0.1, 0.15) is 18.5 Å². The van der Waals surface area contributed by atoms with Crippen molar-refractivity contribution in [2.24, 2.45) is 0 Å². The molecule has 1 saturated heterocycles. The summed E-state index contributed by atoms with van der Waals surface area (Å²) in [5, 5.41) is 9.69. The maximum absolute atomic E-state index is 9.20. The number of hydrogen-bond acceptors (Lipinski definition) is 4. The zero-order chi connectivity index (χ0) is 10.0. The third-order valence-corrected chi connectivity index (χ3v) is 4.00. The lowest BCUT2D eigenvalue weighted by atomic mass is 10.0. The lowest BCUT2D eigenvalue weighted by Gasteiger charge is -2.18. The molecule has 0 amide bonds. The molecule has 72 valence electrons. The van der Waals surface area contributed by atoms with E-state index in [9.17, 15) is 5.26 Å². The Balaban J connectivity index is 2.47. The van der Waals surface area contributed by atoms with E-state index in [1.165, 1.54) is 6.33 Å². The van der Waals surface area contributed by atoms with Gasteiger partial charge < -0.3 is 0 Å². The first-order chi connectivity index (χ1) is 6.78. The summed E-state index contributed by atoms with van der Waals surface area (Å²) in [6, 6.07) is 2.32. The monoisotopic (exact) mass is 225 g/mol. The number of halogens is 1. The molecular weight excluding hydrogens is 218 g/mol. The van der Waals surface area contributed by atoms with Gasteiger partial charge in [0.2, 0.25) is 0 Å². The summed E-state index contributed by atoms with van der Waals surface area (Å²) in [5.41, 5.74) is 0.666. The molecule has 0 N–H and O–H groups in total. The minimum Gasteiger partial charge on any atom is -0.243 e. The Morgan fingerprint density at radius 1 is 1.64 bits per heavy atom. The summed E-state index contributed by atoms with van der Waals surface area (Å²) in [5.74, 6) is 0.994. The summed E-state index contributed by atoms with van der Waals surface area (Å²) >= 11 is 7.60. The van der Waals surface area contributed by atoms with Crippen LogP contribution in [0.15, 0.2) is 12.5 Å². The van der Waals surface area contributed by atoms with Gasteiger partial charge in [-0.2, -0.15) is 5.26 Å². The Hall–Kier alpha value is -0.790. The number of aromatic nitrogens is 2. The SMILES string of the molecule is N#CC1(c2ncncc2Cl)CCCS1. The first-order valence-corrected chi connectivity index (χ1v) is 5.66. The van der Waals surface area contributed by atoms with Gasteiger partial charge in [0.1, 0.15) is 11.1 Å². The molecule has 1 aliphatic rings. The molecule has 3 nitrogen and oxygen atoms in total.